The molecule has 0 spiro atoms. The average molecular weight is 182 g/mol. The summed E-state index contributed by atoms with van der Waals surface area (Å²) in [6, 6.07) is 5.97. The molecular formula is C10H15FN2. The molecule has 0 aromatic heterocycles. The summed E-state index contributed by atoms with van der Waals surface area (Å²) in [4.78, 5) is 0. The lowest BCUT2D eigenvalue weighted by atomic mass is 10.1. The van der Waals surface area contributed by atoms with Gasteiger partial charge in [0.1, 0.15) is 6.67 Å². The monoisotopic (exact) mass is 182 g/mol. The highest BCUT2D eigenvalue weighted by molar-refractivity contribution is 5.53. The molecule has 0 aliphatic carbocycles. The third-order valence-electron chi connectivity index (χ3n) is 2.00. The molecule has 0 unspecified atom stereocenters. The van der Waals surface area contributed by atoms with Crippen molar-refractivity contribution in [2.24, 2.45) is 5.84 Å². The van der Waals surface area contributed by atoms with Crippen molar-refractivity contribution in [3.05, 3.63) is 29.3 Å². The van der Waals surface area contributed by atoms with Gasteiger partial charge in [-0.25, -0.2) is 10.2 Å². The van der Waals surface area contributed by atoms with Crippen LogP contribution in [0.5, 0.6) is 0 Å². The molecule has 2 nitrogen and oxygen atoms in total. The van der Waals surface area contributed by atoms with Crippen LogP contribution in [-0.2, 0) is 0 Å². The molecule has 0 aliphatic heterocycles. The first-order valence-corrected chi connectivity index (χ1v) is 4.30. The van der Waals surface area contributed by atoms with Gasteiger partial charge in [0.2, 0.25) is 0 Å². The van der Waals surface area contributed by atoms with E-state index in [-0.39, 0.29) is 6.54 Å². The Morgan fingerprint density at radius 3 is 2.69 bits per heavy atom. The molecule has 2 N–H and O–H groups in total. The molecule has 0 radical (unpaired) electrons. The number of rotatable bonds is 3. The molecule has 0 bridgehead atoms. The zero-order chi connectivity index (χ0) is 9.84. The van der Waals surface area contributed by atoms with Gasteiger partial charge < -0.3 is 5.01 Å². The number of hydrogen-bond donors (Lipinski definition) is 1. The van der Waals surface area contributed by atoms with Crippen LogP contribution in [-0.4, -0.2) is 13.2 Å². The van der Waals surface area contributed by atoms with Crippen LogP contribution in [0.4, 0.5) is 10.1 Å². The summed E-state index contributed by atoms with van der Waals surface area (Å²) >= 11 is 0. The SMILES string of the molecule is Cc1ccc(C)c(N(N)CCF)c1. The van der Waals surface area contributed by atoms with Crippen molar-refractivity contribution in [3.8, 4) is 0 Å². The van der Waals surface area contributed by atoms with Gasteiger partial charge in [-0.3, -0.25) is 0 Å². The van der Waals surface area contributed by atoms with E-state index in [1.165, 1.54) is 5.01 Å². The quantitative estimate of drug-likeness (QED) is 0.572. The van der Waals surface area contributed by atoms with Crippen LogP contribution in [0.3, 0.4) is 0 Å². The number of anilines is 1. The summed E-state index contributed by atoms with van der Waals surface area (Å²) in [5, 5.41) is 1.45. The second-order valence-corrected chi connectivity index (χ2v) is 3.17. The zero-order valence-electron chi connectivity index (χ0n) is 8.05. The number of nitrogens with two attached hydrogens (primary N) is 1. The minimum Gasteiger partial charge on any atom is -0.308 e. The third-order valence-corrected chi connectivity index (χ3v) is 2.00. The molecule has 0 atom stereocenters. The van der Waals surface area contributed by atoms with Gasteiger partial charge in [-0.1, -0.05) is 12.1 Å². The van der Waals surface area contributed by atoms with Crippen molar-refractivity contribution in [1.82, 2.24) is 0 Å². The van der Waals surface area contributed by atoms with Crippen molar-refractivity contribution in [2.75, 3.05) is 18.2 Å². The van der Waals surface area contributed by atoms with Crippen LogP contribution in [0.25, 0.3) is 0 Å². The van der Waals surface area contributed by atoms with Gasteiger partial charge in [0.25, 0.3) is 0 Å². The minimum absolute atomic E-state index is 0.240. The van der Waals surface area contributed by atoms with Crippen LogP contribution in [0.15, 0.2) is 18.2 Å². The van der Waals surface area contributed by atoms with E-state index in [9.17, 15) is 4.39 Å². The molecule has 1 rings (SSSR count). The molecule has 1 aromatic carbocycles. The molecule has 3 heteroatoms. The molecule has 0 fully saturated rings. The summed E-state index contributed by atoms with van der Waals surface area (Å²) in [5.74, 6) is 5.67. The molecule has 0 heterocycles. The number of halogens is 1. The number of benzene rings is 1. The average Bonchev–Trinajstić information content (AvgIpc) is 2.09. The Balaban J connectivity index is 2.91. The highest BCUT2D eigenvalue weighted by Crippen LogP contribution is 2.18. The van der Waals surface area contributed by atoms with Crippen LogP contribution < -0.4 is 10.9 Å². The van der Waals surface area contributed by atoms with Gasteiger partial charge in [0, 0.05) is 0 Å². The first-order valence-electron chi connectivity index (χ1n) is 4.30. The Kier molecular flexibility index (Phi) is 3.25. The maximum absolute atomic E-state index is 12.0. The van der Waals surface area contributed by atoms with Gasteiger partial charge in [-0.05, 0) is 31.0 Å². The van der Waals surface area contributed by atoms with Crippen molar-refractivity contribution < 1.29 is 4.39 Å². The molecule has 1 aromatic rings. The molecule has 0 saturated carbocycles. The molecular weight excluding hydrogens is 167 g/mol. The van der Waals surface area contributed by atoms with E-state index >= 15 is 0 Å². The lowest BCUT2D eigenvalue weighted by Gasteiger charge is -2.19. The smallest absolute Gasteiger partial charge is 0.108 e. The predicted octanol–water partition coefficient (Wildman–Crippen LogP) is 1.95. The van der Waals surface area contributed by atoms with Crippen molar-refractivity contribution in [1.29, 1.82) is 0 Å². The van der Waals surface area contributed by atoms with E-state index < -0.39 is 6.67 Å². The Hall–Kier alpha value is -1.09. The maximum atomic E-state index is 12.0. The first-order chi connectivity index (χ1) is 6.15. The van der Waals surface area contributed by atoms with E-state index in [0.29, 0.717) is 0 Å². The van der Waals surface area contributed by atoms with Crippen LogP contribution in [0.2, 0.25) is 0 Å². The number of nitrogens with zero attached hydrogens (tertiary/aromatic N) is 1. The zero-order valence-corrected chi connectivity index (χ0v) is 8.05. The van der Waals surface area contributed by atoms with E-state index in [1.807, 2.05) is 32.0 Å². The van der Waals surface area contributed by atoms with Gasteiger partial charge in [0.15, 0.2) is 0 Å². The fraction of sp³-hybridized carbons (Fsp3) is 0.400. The van der Waals surface area contributed by atoms with Gasteiger partial charge in [0.05, 0.1) is 12.2 Å². The number of aryl methyl sites for hydroxylation is 2. The van der Waals surface area contributed by atoms with E-state index in [0.717, 1.165) is 16.8 Å². The molecule has 72 valence electrons. The largest absolute Gasteiger partial charge is 0.308 e. The Morgan fingerprint density at radius 2 is 2.08 bits per heavy atom. The Morgan fingerprint density at radius 1 is 1.38 bits per heavy atom. The minimum atomic E-state index is -0.427. The fourth-order valence-corrected chi connectivity index (χ4v) is 1.24. The second kappa shape index (κ2) is 4.23. The maximum Gasteiger partial charge on any atom is 0.108 e. The summed E-state index contributed by atoms with van der Waals surface area (Å²) in [6.45, 7) is 3.77. The van der Waals surface area contributed by atoms with Crippen molar-refractivity contribution in [2.45, 2.75) is 13.8 Å². The summed E-state index contributed by atoms with van der Waals surface area (Å²) in [7, 11) is 0. The highest BCUT2D eigenvalue weighted by atomic mass is 19.1. The molecule has 0 saturated heterocycles. The summed E-state index contributed by atoms with van der Waals surface area (Å²) in [6.07, 6.45) is 0. The Labute approximate surface area is 78.1 Å². The predicted molar refractivity (Wildman–Crippen MR) is 53.4 cm³/mol. The fourth-order valence-electron chi connectivity index (χ4n) is 1.24. The normalized spacial score (nSPS) is 10.2. The number of alkyl halides is 1. The van der Waals surface area contributed by atoms with Crippen molar-refractivity contribution >= 4 is 5.69 Å². The van der Waals surface area contributed by atoms with Gasteiger partial charge in [-0.2, -0.15) is 0 Å². The van der Waals surface area contributed by atoms with Crippen molar-refractivity contribution in [3.63, 3.8) is 0 Å². The van der Waals surface area contributed by atoms with E-state index in [1.54, 1.807) is 0 Å². The molecule has 0 aliphatic rings. The third kappa shape index (κ3) is 2.42. The van der Waals surface area contributed by atoms with Gasteiger partial charge >= 0.3 is 0 Å². The van der Waals surface area contributed by atoms with E-state index in [2.05, 4.69) is 0 Å². The molecule has 13 heavy (non-hydrogen) atoms. The first kappa shape index (κ1) is 9.99. The lowest BCUT2D eigenvalue weighted by molar-refractivity contribution is 0.492. The van der Waals surface area contributed by atoms with Crippen LogP contribution >= 0.6 is 0 Å². The topological polar surface area (TPSA) is 29.3 Å². The highest BCUT2D eigenvalue weighted by Gasteiger charge is 2.04. The van der Waals surface area contributed by atoms with Crippen LogP contribution in [0, 0.1) is 13.8 Å². The standard InChI is InChI=1S/C10H15FN2/c1-8-3-4-9(2)10(7-8)13(12)6-5-11/h3-4,7H,5-6,12H2,1-2H3. The summed E-state index contributed by atoms with van der Waals surface area (Å²) in [5.41, 5.74) is 3.11. The second-order valence-electron chi connectivity index (χ2n) is 3.17. The number of hydrazine groups is 1. The number of hydrogen-bond acceptors (Lipinski definition) is 2. The molecule has 0 amide bonds. The van der Waals surface area contributed by atoms with E-state index in [4.69, 9.17) is 5.84 Å². The summed E-state index contributed by atoms with van der Waals surface area (Å²) < 4.78 is 12.0. The Bertz CT molecular complexity index is 286. The lowest BCUT2D eigenvalue weighted by Crippen LogP contribution is -2.33. The van der Waals surface area contributed by atoms with Gasteiger partial charge in [-0.15, -0.1) is 0 Å². The van der Waals surface area contributed by atoms with Crippen LogP contribution in [0.1, 0.15) is 11.1 Å².